The lowest BCUT2D eigenvalue weighted by atomic mass is 10.1. The van der Waals surface area contributed by atoms with E-state index in [1.807, 2.05) is 18.3 Å². The van der Waals surface area contributed by atoms with Gasteiger partial charge in [-0.15, -0.1) is 0 Å². The van der Waals surface area contributed by atoms with Gasteiger partial charge >= 0.3 is 0 Å². The van der Waals surface area contributed by atoms with Crippen LogP contribution in [0.4, 0.5) is 5.82 Å². The molecule has 1 rings (SSSR count). The Morgan fingerprint density at radius 1 is 1.38 bits per heavy atom. The number of nitrogens with zero attached hydrogens (tertiary/aromatic N) is 2. The van der Waals surface area contributed by atoms with Gasteiger partial charge in [-0.3, -0.25) is 0 Å². The van der Waals surface area contributed by atoms with Crippen molar-refractivity contribution in [2.24, 2.45) is 5.73 Å². The minimum absolute atomic E-state index is 0.525. The van der Waals surface area contributed by atoms with Gasteiger partial charge in [-0.25, -0.2) is 4.98 Å². The Morgan fingerprint density at radius 3 is 2.50 bits per heavy atom. The monoisotopic (exact) mass is 285 g/mol. The lowest BCUT2D eigenvalue weighted by Crippen LogP contribution is -2.38. The summed E-state index contributed by atoms with van der Waals surface area (Å²) in [5.41, 5.74) is 5.67. The van der Waals surface area contributed by atoms with Crippen LogP contribution in [-0.4, -0.2) is 24.1 Å². The molecular weight excluding hydrogens is 266 g/mol. The quantitative estimate of drug-likeness (QED) is 0.874. The van der Waals surface area contributed by atoms with E-state index in [2.05, 4.69) is 39.7 Å². The van der Waals surface area contributed by atoms with Gasteiger partial charge in [0.25, 0.3) is 0 Å². The zero-order valence-corrected chi connectivity index (χ0v) is 11.6. The maximum Gasteiger partial charge on any atom is 0.128 e. The van der Waals surface area contributed by atoms with E-state index >= 15 is 0 Å². The van der Waals surface area contributed by atoms with Crippen LogP contribution < -0.4 is 10.6 Å². The summed E-state index contributed by atoms with van der Waals surface area (Å²) in [6.45, 7) is 5.93. The molecule has 0 atom stereocenters. The van der Waals surface area contributed by atoms with Crippen LogP contribution in [0.25, 0.3) is 0 Å². The molecule has 0 spiro atoms. The number of pyridine rings is 1. The van der Waals surface area contributed by atoms with Crippen molar-refractivity contribution in [3.63, 3.8) is 0 Å². The molecule has 0 aliphatic carbocycles. The second-order valence-corrected chi connectivity index (χ2v) is 4.70. The molecule has 0 radical (unpaired) electrons. The minimum Gasteiger partial charge on any atom is -0.352 e. The van der Waals surface area contributed by atoms with Crippen molar-refractivity contribution in [1.82, 2.24) is 4.98 Å². The number of hydrogen-bond donors (Lipinski definition) is 1. The van der Waals surface area contributed by atoms with Crippen LogP contribution in [0.2, 0.25) is 0 Å². The second kappa shape index (κ2) is 6.86. The average Bonchev–Trinajstić information content (AvgIpc) is 2.31. The number of rotatable bonds is 6. The van der Waals surface area contributed by atoms with Gasteiger partial charge in [-0.1, -0.05) is 13.8 Å². The highest BCUT2D eigenvalue weighted by Gasteiger charge is 2.15. The summed E-state index contributed by atoms with van der Waals surface area (Å²) in [6, 6.07) is 4.59. The highest BCUT2D eigenvalue weighted by atomic mass is 79.9. The first-order chi connectivity index (χ1) is 7.72. The number of anilines is 1. The third-order valence-electron chi connectivity index (χ3n) is 2.76. The molecule has 0 fully saturated rings. The van der Waals surface area contributed by atoms with Crippen molar-refractivity contribution in [3.8, 4) is 0 Å². The molecule has 4 heteroatoms. The van der Waals surface area contributed by atoms with Gasteiger partial charge in [-0.05, 0) is 40.9 Å². The highest BCUT2D eigenvalue weighted by Crippen LogP contribution is 2.19. The fourth-order valence-electron chi connectivity index (χ4n) is 1.89. The van der Waals surface area contributed by atoms with Crippen LogP contribution in [0, 0.1) is 0 Å². The van der Waals surface area contributed by atoms with Crippen LogP contribution in [0.5, 0.6) is 0 Å². The van der Waals surface area contributed by atoms with Crippen LogP contribution >= 0.6 is 15.9 Å². The van der Waals surface area contributed by atoms with Gasteiger partial charge in [0.05, 0.1) is 0 Å². The largest absolute Gasteiger partial charge is 0.352 e. The third kappa shape index (κ3) is 3.46. The van der Waals surface area contributed by atoms with Crippen molar-refractivity contribution in [2.75, 3.05) is 18.0 Å². The van der Waals surface area contributed by atoms with Crippen LogP contribution in [-0.2, 0) is 0 Å². The topological polar surface area (TPSA) is 42.1 Å². The summed E-state index contributed by atoms with van der Waals surface area (Å²) >= 11 is 3.40. The number of nitrogens with two attached hydrogens (primary N) is 1. The highest BCUT2D eigenvalue weighted by molar-refractivity contribution is 9.10. The van der Waals surface area contributed by atoms with Gasteiger partial charge in [0.15, 0.2) is 0 Å². The van der Waals surface area contributed by atoms with Crippen molar-refractivity contribution in [2.45, 2.75) is 32.7 Å². The normalized spacial score (nSPS) is 10.8. The molecule has 3 nitrogen and oxygen atoms in total. The predicted octanol–water partition coefficient (Wildman–Crippen LogP) is 2.80. The van der Waals surface area contributed by atoms with E-state index in [-0.39, 0.29) is 0 Å². The van der Waals surface area contributed by atoms with Gasteiger partial charge < -0.3 is 10.6 Å². The van der Waals surface area contributed by atoms with Gasteiger partial charge in [0.1, 0.15) is 5.82 Å². The first kappa shape index (κ1) is 13.5. The molecule has 0 aliphatic heterocycles. The molecule has 0 saturated carbocycles. The molecule has 1 heterocycles. The zero-order valence-electron chi connectivity index (χ0n) is 9.99. The standard InChI is InChI=1S/C12H20BrN3/c1-3-11(4-2)16(8-7-14)12-6-5-10(13)9-15-12/h5-6,9,11H,3-4,7-8,14H2,1-2H3. The van der Waals surface area contributed by atoms with Gasteiger partial charge in [-0.2, -0.15) is 0 Å². The Morgan fingerprint density at radius 2 is 2.06 bits per heavy atom. The van der Waals surface area contributed by atoms with Gasteiger partial charge in [0.2, 0.25) is 0 Å². The molecular formula is C12H20BrN3. The molecule has 1 aromatic heterocycles. The Labute approximate surface area is 106 Å². The lowest BCUT2D eigenvalue weighted by molar-refractivity contribution is 0.554. The number of hydrogen-bond acceptors (Lipinski definition) is 3. The van der Waals surface area contributed by atoms with Crippen molar-refractivity contribution >= 4 is 21.7 Å². The Balaban J connectivity index is 2.87. The minimum atomic E-state index is 0.525. The average molecular weight is 286 g/mol. The van der Waals surface area contributed by atoms with Gasteiger partial charge in [0, 0.05) is 29.8 Å². The molecule has 16 heavy (non-hydrogen) atoms. The van der Waals surface area contributed by atoms with Crippen molar-refractivity contribution < 1.29 is 0 Å². The third-order valence-corrected chi connectivity index (χ3v) is 3.23. The van der Waals surface area contributed by atoms with Crippen LogP contribution in [0.3, 0.4) is 0 Å². The molecule has 2 N–H and O–H groups in total. The second-order valence-electron chi connectivity index (χ2n) is 3.79. The molecule has 1 aromatic rings. The lowest BCUT2D eigenvalue weighted by Gasteiger charge is -2.31. The maximum absolute atomic E-state index is 5.67. The number of halogens is 1. The summed E-state index contributed by atoms with van der Waals surface area (Å²) in [6.07, 6.45) is 4.07. The smallest absolute Gasteiger partial charge is 0.128 e. The first-order valence-corrected chi connectivity index (χ1v) is 6.60. The zero-order chi connectivity index (χ0) is 12.0. The molecule has 0 amide bonds. The number of aromatic nitrogens is 1. The predicted molar refractivity (Wildman–Crippen MR) is 72.7 cm³/mol. The Bertz CT molecular complexity index is 296. The Kier molecular flexibility index (Phi) is 5.77. The summed E-state index contributed by atoms with van der Waals surface area (Å²) < 4.78 is 1.01. The first-order valence-electron chi connectivity index (χ1n) is 5.81. The molecule has 0 unspecified atom stereocenters. The SMILES string of the molecule is CCC(CC)N(CCN)c1ccc(Br)cn1. The summed E-state index contributed by atoms with van der Waals surface area (Å²) in [4.78, 5) is 6.74. The molecule has 90 valence electrons. The van der Waals surface area contributed by atoms with E-state index in [9.17, 15) is 0 Å². The van der Waals surface area contributed by atoms with E-state index in [4.69, 9.17) is 5.73 Å². The van der Waals surface area contributed by atoms with Crippen molar-refractivity contribution in [3.05, 3.63) is 22.8 Å². The Hall–Kier alpha value is -0.610. The van der Waals surface area contributed by atoms with E-state index in [1.165, 1.54) is 0 Å². The summed E-state index contributed by atoms with van der Waals surface area (Å²) in [5, 5.41) is 0. The van der Waals surface area contributed by atoms with Crippen LogP contribution in [0.1, 0.15) is 26.7 Å². The summed E-state index contributed by atoms with van der Waals surface area (Å²) in [7, 11) is 0. The molecule has 0 aromatic carbocycles. The van der Waals surface area contributed by atoms with E-state index in [0.717, 1.165) is 29.7 Å². The molecule has 0 bridgehead atoms. The molecule has 0 aliphatic rings. The summed E-state index contributed by atoms with van der Waals surface area (Å²) in [5.74, 6) is 1.02. The van der Waals surface area contributed by atoms with Crippen molar-refractivity contribution in [1.29, 1.82) is 0 Å². The fourth-order valence-corrected chi connectivity index (χ4v) is 2.13. The van der Waals surface area contributed by atoms with E-state index in [0.29, 0.717) is 12.6 Å². The van der Waals surface area contributed by atoms with Crippen LogP contribution in [0.15, 0.2) is 22.8 Å². The molecule has 0 saturated heterocycles. The fraction of sp³-hybridized carbons (Fsp3) is 0.583. The maximum atomic E-state index is 5.67. The van der Waals surface area contributed by atoms with E-state index < -0.39 is 0 Å². The van der Waals surface area contributed by atoms with E-state index in [1.54, 1.807) is 0 Å².